The van der Waals surface area contributed by atoms with E-state index in [9.17, 15) is 14.9 Å². The van der Waals surface area contributed by atoms with Gasteiger partial charge >= 0.3 is 5.97 Å². The predicted molar refractivity (Wildman–Crippen MR) is 108 cm³/mol. The lowest BCUT2D eigenvalue weighted by atomic mass is 9.67. The van der Waals surface area contributed by atoms with Crippen molar-refractivity contribution in [1.29, 1.82) is 5.26 Å². The number of esters is 1. The Labute approximate surface area is 173 Å². The zero-order chi connectivity index (χ0) is 21.5. The smallest absolute Gasteiger partial charge is 0.337 e. The van der Waals surface area contributed by atoms with Crippen molar-refractivity contribution >= 4 is 17.6 Å². The number of nitrogens with two attached hydrogens (primary N) is 1. The normalized spacial score (nSPS) is 20.2. The number of likely N-dealkylation sites (N-methyl/N-ethyl adjacent to an activating group) is 1. The van der Waals surface area contributed by atoms with Gasteiger partial charge < -0.3 is 20.1 Å². The molecule has 0 radical (unpaired) electrons. The second kappa shape index (κ2) is 7.08. The van der Waals surface area contributed by atoms with Gasteiger partial charge in [-0.2, -0.15) is 5.26 Å². The number of rotatable bonds is 3. The Morgan fingerprint density at radius 1 is 1.20 bits per heavy atom. The number of para-hydroxylation sites is 1. The minimum Gasteiger partial charge on any atom is -0.463 e. The van der Waals surface area contributed by atoms with E-state index in [1.54, 1.807) is 50.4 Å². The van der Waals surface area contributed by atoms with E-state index in [0.29, 0.717) is 22.6 Å². The van der Waals surface area contributed by atoms with Crippen LogP contribution in [0.1, 0.15) is 18.1 Å². The van der Waals surface area contributed by atoms with Crippen molar-refractivity contribution in [3.05, 3.63) is 82.8 Å². The Morgan fingerprint density at radius 3 is 2.53 bits per heavy atom. The quantitative estimate of drug-likeness (QED) is 0.792. The number of ether oxygens (including phenoxy) is 2. The molecule has 7 nitrogen and oxygen atoms in total. The molecule has 30 heavy (non-hydrogen) atoms. The summed E-state index contributed by atoms with van der Waals surface area (Å²) in [5.74, 6) is -1.06. The Bertz CT molecular complexity index is 1160. The third-order valence-electron chi connectivity index (χ3n) is 5.34. The molecule has 4 rings (SSSR count). The molecule has 2 aromatic carbocycles. The fourth-order valence-electron chi connectivity index (χ4n) is 4.17. The van der Waals surface area contributed by atoms with Crippen molar-refractivity contribution in [2.75, 3.05) is 13.7 Å². The molecule has 2 aliphatic heterocycles. The van der Waals surface area contributed by atoms with Crippen LogP contribution < -0.4 is 10.5 Å². The van der Waals surface area contributed by atoms with E-state index >= 15 is 0 Å². The Morgan fingerprint density at radius 2 is 1.87 bits per heavy atom. The van der Waals surface area contributed by atoms with Gasteiger partial charge in [-0.05, 0) is 18.6 Å². The summed E-state index contributed by atoms with van der Waals surface area (Å²) in [6.45, 7) is 1.79. The summed E-state index contributed by atoms with van der Waals surface area (Å²) in [5.41, 5.74) is 5.64. The minimum atomic E-state index is -1.75. The molecular formula is C23H19N3O4. The van der Waals surface area contributed by atoms with Gasteiger partial charge in [-0.3, -0.25) is 4.79 Å². The number of nitriles is 1. The maximum absolute atomic E-state index is 13.8. The average molecular weight is 401 g/mol. The number of amides is 1. The number of benzene rings is 2. The molecule has 0 bridgehead atoms. The van der Waals surface area contributed by atoms with E-state index in [2.05, 4.69) is 0 Å². The Kier molecular flexibility index (Phi) is 4.55. The topological polar surface area (TPSA) is 106 Å². The number of fused-ring (bicyclic) bond motifs is 2. The molecule has 0 saturated heterocycles. The molecule has 0 aromatic heterocycles. The third kappa shape index (κ3) is 2.44. The lowest BCUT2D eigenvalue weighted by molar-refractivity contribution is -0.140. The first-order valence-electron chi connectivity index (χ1n) is 9.41. The number of hydrogen-bond donors (Lipinski definition) is 1. The van der Waals surface area contributed by atoms with Crippen LogP contribution in [0.5, 0.6) is 5.75 Å². The molecule has 150 valence electrons. The lowest BCUT2D eigenvalue weighted by Crippen LogP contribution is -2.46. The molecular weight excluding hydrogens is 382 g/mol. The van der Waals surface area contributed by atoms with E-state index in [-0.39, 0.29) is 23.6 Å². The van der Waals surface area contributed by atoms with Gasteiger partial charge in [0.1, 0.15) is 17.4 Å². The number of nitrogens with zero attached hydrogens (tertiary/aromatic N) is 2. The number of carbonyl (C=O) groups excluding carboxylic acids is 2. The third-order valence-corrected chi connectivity index (χ3v) is 5.34. The highest BCUT2D eigenvalue weighted by atomic mass is 16.5. The summed E-state index contributed by atoms with van der Waals surface area (Å²) in [5, 5.41) is 9.99. The van der Waals surface area contributed by atoms with E-state index < -0.39 is 17.3 Å². The fourth-order valence-corrected chi connectivity index (χ4v) is 4.17. The minimum absolute atomic E-state index is 0.0540. The van der Waals surface area contributed by atoms with Crippen molar-refractivity contribution < 1.29 is 19.1 Å². The van der Waals surface area contributed by atoms with Gasteiger partial charge in [-0.1, -0.05) is 48.5 Å². The highest BCUT2D eigenvalue weighted by Crippen LogP contribution is 2.55. The van der Waals surface area contributed by atoms with Gasteiger partial charge in [-0.15, -0.1) is 0 Å². The van der Waals surface area contributed by atoms with E-state index in [4.69, 9.17) is 15.2 Å². The maximum atomic E-state index is 13.8. The van der Waals surface area contributed by atoms with Crippen LogP contribution in [0.25, 0.3) is 5.70 Å². The molecule has 2 aromatic rings. The van der Waals surface area contributed by atoms with E-state index in [1.165, 1.54) is 4.90 Å². The Balaban J connectivity index is 2.17. The standard InChI is InChI=1S/C23H19N3O4/c1-3-29-21(27)18-19(14-9-5-4-6-10-14)26(2)22(28)23(18)15-11-7-8-12-17(15)30-20(25)16(23)13-24/h4-12H,3,25H2,1-2H3/t23-/m0/s1. The van der Waals surface area contributed by atoms with Gasteiger partial charge in [0.2, 0.25) is 11.8 Å². The van der Waals surface area contributed by atoms with Crippen LogP contribution in [0.4, 0.5) is 0 Å². The highest BCUT2D eigenvalue weighted by molar-refractivity contribution is 6.19. The highest BCUT2D eigenvalue weighted by Gasteiger charge is 2.62. The summed E-state index contributed by atoms with van der Waals surface area (Å²) in [6, 6.07) is 17.8. The zero-order valence-corrected chi connectivity index (χ0v) is 16.5. The van der Waals surface area contributed by atoms with E-state index in [1.807, 2.05) is 24.3 Å². The molecule has 2 N–H and O–H groups in total. The first-order valence-corrected chi connectivity index (χ1v) is 9.41. The van der Waals surface area contributed by atoms with Gasteiger partial charge in [0.05, 0.1) is 17.9 Å². The van der Waals surface area contributed by atoms with Crippen LogP contribution in [0.3, 0.4) is 0 Å². The van der Waals surface area contributed by atoms with Crippen LogP contribution in [0, 0.1) is 11.3 Å². The van der Waals surface area contributed by atoms with Crippen LogP contribution in [-0.2, 0) is 19.7 Å². The van der Waals surface area contributed by atoms with Crippen LogP contribution in [-0.4, -0.2) is 30.4 Å². The second-order valence-corrected chi connectivity index (χ2v) is 6.87. The first kappa shape index (κ1) is 19.3. The Hall–Kier alpha value is -4.05. The van der Waals surface area contributed by atoms with Crippen LogP contribution >= 0.6 is 0 Å². The first-order chi connectivity index (χ1) is 14.5. The fraction of sp³-hybridized carbons (Fsp3) is 0.174. The zero-order valence-electron chi connectivity index (χ0n) is 16.5. The lowest BCUT2D eigenvalue weighted by Gasteiger charge is -2.34. The molecule has 0 fully saturated rings. The molecule has 1 amide bonds. The SMILES string of the molecule is CCOC(=O)C1=C(c2ccccc2)N(C)C(=O)[C@@]12C(C#N)=C(N)Oc1ccccc12. The van der Waals surface area contributed by atoms with Crippen LogP contribution in [0.15, 0.2) is 71.6 Å². The largest absolute Gasteiger partial charge is 0.463 e. The maximum Gasteiger partial charge on any atom is 0.337 e. The molecule has 2 heterocycles. The molecule has 7 heteroatoms. The molecule has 1 atom stereocenters. The molecule has 0 aliphatic carbocycles. The van der Waals surface area contributed by atoms with Crippen molar-refractivity contribution in [1.82, 2.24) is 4.90 Å². The van der Waals surface area contributed by atoms with E-state index in [0.717, 1.165) is 0 Å². The summed E-state index contributed by atoms with van der Waals surface area (Å²) in [6.07, 6.45) is 0. The molecule has 0 unspecified atom stereocenters. The van der Waals surface area contributed by atoms with Gasteiger partial charge in [0.15, 0.2) is 5.41 Å². The average Bonchev–Trinajstić information content (AvgIpc) is 2.98. The van der Waals surface area contributed by atoms with Crippen molar-refractivity contribution in [2.24, 2.45) is 5.73 Å². The molecule has 2 aliphatic rings. The van der Waals surface area contributed by atoms with Gasteiger partial charge in [0, 0.05) is 12.6 Å². The van der Waals surface area contributed by atoms with Gasteiger partial charge in [0.25, 0.3) is 0 Å². The van der Waals surface area contributed by atoms with Crippen molar-refractivity contribution in [2.45, 2.75) is 12.3 Å². The predicted octanol–water partition coefficient (Wildman–Crippen LogP) is 2.46. The monoisotopic (exact) mass is 401 g/mol. The number of hydrogen-bond acceptors (Lipinski definition) is 6. The summed E-state index contributed by atoms with van der Waals surface area (Å²) < 4.78 is 11.0. The summed E-state index contributed by atoms with van der Waals surface area (Å²) in [7, 11) is 1.57. The molecule has 1 spiro atoms. The summed E-state index contributed by atoms with van der Waals surface area (Å²) >= 11 is 0. The van der Waals surface area contributed by atoms with Crippen molar-refractivity contribution in [3.63, 3.8) is 0 Å². The second-order valence-electron chi connectivity index (χ2n) is 6.87. The molecule has 0 saturated carbocycles. The van der Waals surface area contributed by atoms with Crippen molar-refractivity contribution in [3.8, 4) is 11.8 Å². The summed E-state index contributed by atoms with van der Waals surface area (Å²) in [4.78, 5) is 28.5. The van der Waals surface area contributed by atoms with Crippen LogP contribution in [0.2, 0.25) is 0 Å². The number of carbonyl (C=O) groups is 2. The van der Waals surface area contributed by atoms with Gasteiger partial charge in [-0.25, -0.2) is 4.79 Å².